The molecular formula is C22H31FO5S. The smallest absolute Gasteiger partial charge is 0.303 e. The Balaban J connectivity index is 1.79. The Morgan fingerprint density at radius 2 is 1.90 bits per heavy atom. The SMILES string of the molecule is O=CC1CC(O)[C@H](SCC(O)Cc2ccc(F)cc2)[C@H]1CCCCCCC(=O)O. The monoisotopic (exact) mass is 426 g/mol. The van der Waals surface area contributed by atoms with Crippen molar-refractivity contribution in [2.24, 2.45) is 11.8 Å². The van der Waals surface area contributed by atoms with Gasteiger partial charge < -0.3 is 20.1 Å². The summed E-state index contributed by atoms with van der Waals surface area (Å²) in [5.74, 6) is -0.737. The van der Waals surface area contributed by atoms with E-state index >= 15 is 0 Å². The molecule has 1 aromatic rings. The van der Waals surface area contributed by atoms with E-state index in [0.29, 0.717) is 25.0 Å². The lowest BCUT2D eigenvalue weighted by Gasteiger charge is -2.24. The number of unbranched alkanes of at least 4 members (excludes halogenated alkanes) is 3. The molecule has 5 atom stereocenters. The van der Waals surface area contributed by atoms with Gasteiger partial charge in [-0.1, -0.05) is 31.4 Å². The van der Waals surface area contributed by atoms with Crippen molar-refractivity contribution in [2.45, 2.75) is 68.8 Å². The van der Waals surface area contributed by atoms with Gasteiger partial charge in [0, 0.05) is 23.3 Å². The predicted molar refractivity (Wildman–Crippen MR) is 111 cm³/mol. The Kier molecular flexibility index (Phi) is 10.1. The number of hydrogen-bond donors (Lipinski definition) is 3. The standard InChI is InChI=1S/C22H31FO5S/c23-17-9-7-15(8-10-17)11-18(25)14-29-22-19(16(13-24)12-20(22)26)5-3-1-2-4-6-21(27)28/h7-10,13,16,18-20,22,25-26H,1-6,11-12,14H2,(H,27,28)/t16?,18?,19-,20?,22+/m0/s1. The third kappa shape index (κ3) is 8.07. The van der Waals surface area contributed by atoms with Crippen LogP contribution in [-0.4, -0.2) is 50.8 Å². The first-order valence-corrected chi connectivity index (χ1v) is 11.3. The third-order valence-electron chi connectivity index (χ3n) is 5.58. The van der Waals surface area contributed by atoms with E-state index < -0.39 is 18.2 Å². The van der Waals surface area contributed by atoms with Crippen LogP contribution in [0.15, 0.2) is 24.3 Å². The minimum absolute atomic E-state index is 0.0741. The van der Waals surface area contributed by atoms with Crippen molar-refractivity contribution >= 4 is 24.0 Å². The molecule has 0 spiro atoms. The van der Waals surface area contributed by atoms with E-state index in [1.165, 1.54) is 23.9 Å². The molecule has 5 nitrogen and oxygen atoms in total. The van der Waals surface area contributed by atoms with Crippen LogP contribution in [-0.2, 0) is 16.0 Å². The Morgan fingerprint density at radius 3 is 2.55 bits per heavy atom. The van der Waals surface area contributed by atoms with Gasteiger partial charge in [-0.05, 0) is 49.3 Å². The van der Waals surface area contributed by atoms with Gasteiger partial charge in [0.15, 0.2) is 0 Å². The molecule has 1 fully saturated rings. The lowest BCUT2D eigenvalue weighted by Crippen LogP contribution is -2.26. The number of aldehydes is 1. The molecular weight excluding hydrogens is 395 g/mol. The van der Waals surface area contributed by atoms with Gasteiger partial charge in [0.05, 0.1) is 12.2 Å². The molecule has 0 heterocycles. The van der Waals surface area contributed by atoms with Gasteiger partial charge in [-0.3, -0.25) is 4.79 Å². The molecule has 7 heteroatoms. The topological polar surface area (TPSA) is 94.8 Å². The van der Waals surface area contributed by atoms with Crippen molar-refractivity contribution in [1.29, 1.82) is 0 Å². The zero-order valence-electron chi connectivity index (χ0n) is 16.6. The number of thioether (sulfide) groups is 1. The molecule has 2 rings (SSSR count). The maximum atomic E-state index is 13.0. The molecule has 1 saturated carbocycles. The largest absolute Gasteiger partial charge is 0.481 e. The first-order chi connectivity index (χ1) is 13.9. The van der Waals surface area contributed by atoms with Crippen molar-refractivity contribution in [3.8, 4) is 0 Å². The van der Waals surface area contributed by atoms with Crippen LogP contribution in [0.4, 0.5) is 4.39 Å². The zero-order valence-corrected chi connectivity index (χ0v) is 17.4. The first kappa shape index (κ1) is 23.8. The van der Waals surface area contributed by atoms with Gasteiger partial charge in [0.2, 0.25) is 0 Å². The molecule has 29 heavy (non-hydrogen) atoms. The van der Waals surface area contributed by atoms with Crippen LogP contribution < -0.4 is 0 Å². The first-order valence-electron chi connectivity index (χ1n) is 10.3. The van der Waals surface area contributed by atoms with Crippen LogP contribution in [0.1, 0.15) is 50.5 Å². The fourth-order valence-corrected chi connectivity index (χ4v) is 5.55. The number of benzene rings is 1. The molecule has 3 N–H and O–H groups in total. The van der Waals surface area contributed by atoms with Crippen LogP contribution >= 0.6 is 11.8 Å². The number of aliphatic carboxylic acids is 1. The number of rotatable bonds is 13. The molecule has 0 aliphatic heterocycles. The molecule has 1 aromatic carbocycles. The lowest BCUT2D eigenvalue weighted by molar-refractivity contribution is -0.137. The summed E-state index contributed by atoms with van der Waals surface area (Å²) in [5.41, 5.74) is 0.857. The summed E-state index contributed by atoms with van der Waals surface area (Å²) in [4.78, 5) is 22.0. The van der Waals surface area contributed by atoms with Gasteiger partial charge >= 0.3 is 5.97 Å². The average Bonchev–Trinajstić information content (AvgIpc) is 2.99. The Morgan fingerprint density at radius 1 is 1.21 bits per heavy atom. The van der Waals surface area contributed by atoms with Crippen LogP contribution in [0.3, 0.4) is 0 Å². The van der Waals surface area contributed by atoms with Crippen molar-refractivity contribution in [3.05, 3.63) is 35.6 Å². The fraction of sp³-hybridized carbons (Fsp3) is 0.636. The van der Waals surface area contributed by atoms with Crippen LogP contribution in [0, 0.1) is 17.7 Å². The third-order valence-corrected chi connectivity index (χ3v) is 7.21. The summed E-state index contributed by atoms with van der Waals surface area (Å²) in [6.45, 7) is 0. The summed E-state index contributed by atoms with van der Waals surface area (Å²) >= 11 is 1.51. The van der Waals surface area contributed by atoms with E-state index in [-0.39, 0.29) is 29.3 Å². The summed E-state index contributed by atoms with van der Waals surface area (Å²) < 4.78 is 13.0. The minimum atomic E-state index is -0.777. The molecule has 162 valence electrons. The number of aliphatic hydroxyl groups is 2. The van der Waals surface area contributed by atoms with Crippen LogP contribution in [0.25, 0.3) is 0 Å². The molecule has 0 aromatic heterocycles. The second-order valence-corrected chi connectivity index (χ2v) is 9.11. The number of carboxylic acid groups (broad SMARTS) is 1. The highest BCUT2D eigenvalue weighted by Gasteiger charge is 2.42. The number of carbonyl (C=O) groups excluding carboxylic acids is 1. The second-order valence-electron chi connectivity index (χ2n) is 7.90. The number of hydrogen-bond acceptors (Lipinski definition) is 5. The summed E-state index contributed by atoms with van der Waals surface area (Å²) in [5, 5.41) is 29.3. The average molecular weight is 427 g/mol. The summed E-state index contributed by atoms with van der Waals surface area (Å²) in [6.07, 6.45) is 4.97. The van der Waals surface area contributed by atoms with Gasteiger partial charge in [-0.25, -0.2) is 4.39 Å². The number of carboxylic acids is 1. The normalized spacial score (nSPS) is 25.1. The van der Waals surface area contributed by atoms with Crippen molar-refractivity contribution in [3.63, 3.8) is 0 Å². The summed E-state index contributed by atoms with van der Waals surface area (Å²) in [6, 6.07) is 6.06. The van der Waals surface area contributed by atoms with E-state index in [9.17, 15) is 24.2 Å². The maximum absolute atomic E-state index is 13.0. The van der Waals surface area contributed by atoms with Crippen LogP contribution in [0.5, 0.6) is 0 Å². The number of halogens is 1. The molecule has 0 bridgehead atoms. The van der Waals surface area contributed by atoms with Crippen molar-refractivity contribution < 1.29 is 29.3 Å². The Labute approximate surface area is 175 Å². The van der Waals surface area contributed by atoms with E-state index in [0.717, 1.165) is 37.5 Å². The Bertz CT molecular complexity index is 639. The zero-order chi connectivity index (χ0) is 21.2. The predicted octanol–water partition coefficient (Wildman–Crippen LogP) is 3.45. The van der Waals surface area contributed by atoms with Gasteiger partial charge in [0.1, 0.15) is 12.1 Å². The van der Waals surface area contributed by atoms with E-state index in [1.807, 2.05) is 0 Å². The quantitative estimate of drug-likeness (QED) is 0.330. The van der Waals surface area contributed by atoms with Gasteiger partial charge in [0.25, 0.3) is 0 Å². The van der Waals surface area contributed by atoms with E-state index in [2.05, 4.69) is 0 Å². The maximum Gasteiger partial charge on any atom is 0.303 e. The second kappa shape index (κ2) is 12.3. The fourth-order valence-electron chi connectivity index (χ4n) is 4.07. The van der Waals surface area contributed by atoms with Crippen molar-refractivity contribution in [2.75, 3.05) is 5.75 Å². The Hall–Kier alpha value is -1.44. The lowest BCUT2D eigenvalue weighted by atomic mass is 9.91. The molecule has 0 radical (unpaired) electrons. The molecule has 0 saturated heterocycles. The molecule has 3 unspecified atom stereocenters. The van der Waals surface area contributed by atoms with Crippen molar-refractivity contribution in [1.82, 2.24) is 0 Å². The molecule has 1 aliphatic rings. The van der Waals surface area contributed by atoms with Gasteiger partial charge in [-0.2, -0.15) is 11.8 Å². The molecule has 1 aliphatic carbocycles. The highest BCUT2D eigenvalue weighted by atomic mass is 32.2. The minimum Gasteiger partial charge on any atom is -0.481 e. The molecule has 0 amide bonds. The van der Waals surface area contributed by atoms with E-state index in [4.69, 9.17) is 5.11 Å². The van der Waals surface area contributed by atoms with E-state index in [1.54, 1.807) is 12.1 Å². The number of aliphatic hydroxyl groups excluding tert-OH is 2. The highest BCUT2D eigenvalue weighted by Crippen LogP contribution is 2.42. The number of carbonyl (C=O) groups is 2. The highest BCUT2D eigenvalue weighted by molar-refractivity contribution is 8.00. The summed E-state index contributed by atoms with van der Waals surface area (Å²) in [7, 11) is 0. The van der Waals surface area contributed by atoms with Gasteiger partial charge in [-0.15, -0.1) is 0 Å². The van der Waals surface area contributed by atoms with Crippen LogP contribution in [0.2, 0.25) is 0 Å².